The van der Waals surface area contributed by atoms with Gasteiger partial charge in [0.25, 0.3) is 0 Å². The zero-order valence-corrected chi connectivity index (χ0v) is 17.9. The molecule has 6 heteroatoms. The number of H-pyrrole nitrogens is 1. The number of rotatable bonds is 7. The highest BCUT2D eigenvalue weighted by atomic mass is 35.5. The summed E-state index contributed by atoms with van der Waals surface area (Å²) < 4.78 is 5.78. The molecule has 156 valence electrons. The van der Waals surface area contributed by atoms with E-state index in [1.54, 1.807) is 0 Å². The maximum Gasteiger partial charge on any atom is 0.223 e. The summed E-state index contributed by atoms with van der Waals surface area (Å²) in [5.41, 5.74) is 5.33. The standard InChI is InChI=1S/C24H26ClN3O2/c1-2-17-8-10-20(11-9-17)30-14-4-7-23(29)28-13-12-22-21(16-28)24(27-26-22)18-5-3-6-19(25)15-18/h3,5-6,8-11,15H,2,4,7,12-14,16H2,1H3,(H,26,27). The fourth-order valence-corrected chi connectivity index (χ4v) is 3.97. The zero-order chi connectivity index (χ0) is 20.9. The quantitative estimate of drug-likeness (QED) is 0.542. The van der Waals surface area contributed by atoms with Gasteiger partial charge in [-0.25, -0.2) is 0 Å². The van der Waals surface area contributed by atoms with Crippen molar-refractivity contribution in [1.29, 1.82) is 0 Å². The van der Waals surface area contributed by atoms with E-state index in [2.05, 4.69) is 29.3 Å². The summed E-state index contributed by atoms with van der Waals surface area (Å²) >= 11 is 6.14. The first-order valence-corrected chi connectivity index (χ1v) is 10.8. The molecule has 2 heterocycles. The lowest BCUT2D eigenvalue weighted by atomic mass is 10.0. The molecule has 1 aliphatic heterocycles. The van der Waals surface area contributed by atoms with E-state index in [-0.39, 0.29) is 5.91 Å². The van der Waals surface area contributed by atoms with E-state index in [1.807, 2.05) is 41.3 Å². The molecule has 0 radical (unpaired) electrons. The molecule has 1 amide bonds. The van der Waals surface area contributed by atoms with Crippen LogP contribution in [0.25, 0.3) is 11.3 Å². The molecule has 0 spiro atoms. The maximum absolute atomic E-state index is 12.7. The summed E-state index contributed by atoms with van der Waals surface area (Å²) in [5, 5.41) is 8.29. The Balaban J connectivity index is 1.31. The normalized spacial score (nSPS) is 13.2. The predicted octanol–water partition coefficient (Wildman–Crippen LogP) is 5.04. The molecule has 1 N–H and O–H groups in total. The molecule has 5 nitrogen and oxygen atoms in total. The molecule has 1 aliphatic rings. The van der Waals surface area contributed by atoms with Gasteiger partial charge < -0.3 is 9.64 Å². The average Bonchev–Trinajstić information content (AvgIpc) is 3.20. The largest absolute Gasteiger partial charge is 0.494 e. The van der Waals surface area contributed by atoms with Gasteiger partial charge in [0, 0.05) is 47.8 Å². The summed E-state index contributed by atoms with van der Waals surface area (Å²) in [4.78, 5) is 14.7. The number of aromatic amines is 1. The average molecular weight is 424 g/mol. The number of aryl methyl sites for hydroxylation is 1. The number of ether oxygens (including phenoxy) is 1. The number of benzene rings is 2. The van der Waals surface area contributed by atoms with Crippen LogP contribution in [0.4, 0.5) is 0 Å². The number of hydrogen-bond donors (Lipinski definition) is 1. The molecule has 4 rings (SSSR count). The number of aromatic nitrogens is 2. The summed E-state index contributed by atoms with van der Waals surface area (Å²) in [6, 6.07) is 15.8. The number of amides is 1. The van der Waals surface area contributed by atoms with Crippen LogP contribution in [0.5, 0.6) is 5.75 Å². The van der Waals surface area contributed by atoms with E-state index in [9.17, 15) is 4.79 Å². The van der Waals surface area contributed by atoms with Crippen molar-refractivity contribution in [1.82, 2.24) is 15.1 Å². The van der Waals surface area contributed by atoms with E-state index >= 15 is 0 Å². The Labute approximate surface area is 182 Å². The third-order valence-electron chi connectivity index (χ3n) is 5.52. The number of carbonyl (C=O) groups excluding carboxylic acids is 1. The third-order valence-corrected chi connectivity index (χ3v) is 5.75. The second-order valence-corrected chi connectivity index (χ2v) is 7.99. The summed E-state index contributed by atoms with van der Waals surface area (Å²) in [5.74, 6) is 1.01. The summed E-state index contributed by atoms with van der Waals surface area (Å²) in [7, 11) is 0. The number of nitrogens with one attached hydrogen (secondary N) is 1. The molecule has 2 aromatic carbocycles. The molecule has 30 heavy (non-hydrogen) atoms. The molecule has 0 atom stereocenters. The molecule has 3 aromatic rings. The lowest BCUT2D eigenvalue weighted by Crippen LogP contribution is -2.36. The van der Waals surface area contributed by atoms with Crippen LogP contribution in [0.1, 0.15) is 36.6 Å². The van der Waals surface area contributed by atoms with Crippen LogP contribution in [0, 0.1) is 0 Å². The summed E-state index contributed by atoms with van der Waals surface area (Å²) in [6.45, 7) is 3.95. The van der Waals surface area contributed by atoms with Crippen molar-refractivity contribution in [3.8, 4) is 17.0 Å². The monoisotopic (exact) mass is 423 g/mol. The van der Waals surface area contributed by atoms with Gasteiger partial charge in [-0.15, -0.1) is 0 Å². The van der Waals surface area contributed by atoms with Crippen LogP contribution in [-0.4, -0.2) is 34.2 Å². The van der Waals surface area contributed by atoms with E-state index in [0.717, 1.165) is 41.1 Å². The molecular formula is C24H26ClN3O2. The molecule has 0 saturated carbocycles. The van der Waals surface area contributed by atoms with Gasteiger partial charge >= 0.3 is 0 Å². The first kappa shape index (κ1) is 20.5. The van der Waals surface area contributed by atoms with Crippen LogP contribution < -0.4 is 4.74 Å². The van der Waals surface area contributed by atoms with Gasteiger partial charge in [0.05, 0.1) is 12.3 Å². The van der Waals surface area contributed by atoms with Gasteiger partial charge in [-0.2, -0.15) is 5.10 Å². The van der Waals surface area contributed by atoms with Crippen molar-refractivity contribution in [2.24, 2.45) is 0 Å². The van der Waals surface area contributed by atoms with E-state index in [4.69, 9.17) is 16.3 Å². The van der Waals surface area contributed by atoms with Gasteiger partial charge in [-0.3, -0.25) is 9.89 Å². The molecule has 0 fully saturated rings. The first-order chi connectivity index (χ1) is 14.6. The Bertz CT molecular complexity index is 1010. The van der Waals surface area contributed by atoms with Gasteiger partial charge in [0.15, 0.2) is 0 Å². The Morgan fingerprint density at radius 3 is 2.83 bits per heavy atom. The van der Waals surface area contributed by atoms with Crippen molar-refractivity contribution in [2.75, 3.05) is 13.2 Å². The number of fused-ring (bicyclic) bond motifs is 1. The zero-order valence-electron chi connectivity index (χ0n) is 17.2. The number of carbonyl (C=O) groups is 1. The van der Waals surface area contributed by atoms with E-state index in [0.29, 0.717) is 37.6 Å². The van der Waals surface area contributed by atoms with Crippen LogP contribution >= 0.6 is 11.6 Å². The van der Waals surface area contributed by atoms with Gasteiger partial charge in [0.2, 0.25) is 5.91 Å². The van der Waals surface area contributed by atoms with Crippen molar-refractivity contribution < 1.29 is 9.53 Å². The Hall–Kier alpha value is -2.79. The summed E-state index contributed by atoms with van der Waals surface area (Å²) in [6.07, 6.45) is 2.98. The van der Waals surface area contributed by atoms with Crippen LogP contribution in [0.3, 0.4) is 0 Å². The Morgan fingerprint density at radius 2 is 2.07 bits per heavy atom. The first-order valence-electron chi connectivity index (χ1n) is 10.5. The van der Waals surface area contributed by atoms with Gasteiger partial charge in [-0.1, -0.05) is 42.8 Å². The van der Waals surface area contributed by atoms with Crippen molar-refractivity contribution >= 4 is 17.5 Å². The van der Waals surface area contributed by atoms with E-state index in [1.165, 1.54) is 5.56 Å². The lowest BCUT2D eigenvalue weighted by Gasteiger charge is -2.27. The topological polar surface area (TPSA) is 58.2 Å². The molecular weight excluding hydrogens is 398 g/mol. The Morgan fingerprint density at radius 1 is 1.23 bits per heavy atom. The minimum absolute atomic E-state index is 0.156. The highest BCUT2D eigenvalue weighted by molar-refractivity contribution is 6.30. The fraction of sp³-hybridized carbons (Fsp3) is 0.333. The van der Waals surface area contributed by atoms with Crippen LogP contribution in [0.2, 0.25) is 5.02 Å². The predicted molar refractivity (Wildman–Crippen MR) is 119 cm³/mol. The van der Waals surface area contributed by atoms with Crippen molar-refractivity contribution in [2.45, 2.75) is 39.2 Å². The number of hydrogen-bond acceptors (Lipinski definition) is 3. The molecule has 0 unspecified atom stereocenters. The maximum atomic E-state index is 12.7. The molecule has 0 saturated heterocycles. The molecule has 0 bridgehead atoms. The highest BCUT2D eigenvalue weighted by Gasteiger charge is 2.25. The second kappa shape index (κ2) is 9.35. The van der Waals surface area contributed by atoms with Crippen molar-refractivity contribution in [3.05, 3.63) is 70.4 Å². The number of nitrogens with zero attached hydrogens (tertiary/aromatic N) is 2. The van der Waals surface area contributed by atoms with Crippen LogP contribution in [-0.2, 0) is 24.2 Å². The van der Waals surface area contributed by atoms with Gasteiger partial charge in [0.1, 0.15) is 5.75 Å². The lowest BCUT2D eigenvalue weighted by molar-refractivity contribution is -0.132. The third kappa shape index (κ3) is 4.68. The van der Waals surface area contributed by atoms with Crippen LogP contribution in [0.15, 0.2) is 48.5 Å². The van der Waals surface area contributed by atoms with Crippen molar-refractivity contribution in [3.63, 3.8) is 0 Å². The Kier molecular flexibility index (Phi) is 6.38. The van der Waals surface area contributed by atoms with Gasteiger partial charge in [-0.05, 0) is 42.7 Å². The molecule has 1 aromatic heterocycles. The second-order valence-electron chi connectivity index (χ2n) is 7.55. The minimum Gasteiger partial charge on any atom is -0.494 e. The highest BCUT2D eigenvalue weighted by Crippen LogP contribution is 2.30. The fourth-order valence-electron chi connectivity index (χ4n) is 3.78. The van der Waals surface area contributed by atoms with E-state index < -0.39 is 0 Å². The number of halogens is 1. The smallest absolute Gasteiger partial charge is 0.223 e. The SMILES string of the molecule is CCc1ccc(OCCCC(=O)N2CCc3[nH]nc(-c4cccc(Cl)c4)c3C2)cc1. The minimum atomic E-state index is 0.156. The molecule has 0 aliphatic carbocycles.